The molecule has 19 heavy (non-hydrogen) atoms. The van der Waals surface area contributed by atoms with Gasteiger partial charge in [-0.2, -0.15) is 0 Å². The van der Waals surface area contributed by atoms with Gasteiger partial charge in [0, 0.05) is 27.2 Å². The number of hydrogen-bond acceptors (Lipinski definition) is 2. The van der Waals surface area contributed by atoms with Gasteiger partial charge in [0.1, 0.15) is 0 Å². The van der Waals surface area contributed by atoms with Crippen molar-refractivity contribution in [3.63, 3.8) is 0 Å². The van der Waals surface area contributed by atoms with Gasteiger partial charge in [-0.05, 0) is 48.7 Å². The molecule has 0 N–H and O–H groups in total. The largest absolute Gasteiger partial charge is 0.125 e. The van der Waals surface area contributed by atoms with E-state index in [4.69, 9.17) is 0 Å². The van der Waals surface area contributed by atoms with Crippen molar-refractivity contribution in [2.24, 2.45) is 0 Å². The Morgan fingerprint density at radius 2 is 1.95 bits per heavy atom. The van der Waals surface area contributed by atoms with Crippen LogP contribution in [0.5, 0.6) is 0 Å². The van der Waals surface area contributed by atoms with Crippen molar-refractivity contribution in [1.29, 1.82) is 0 Å². The predicted octanol–water partition coefficient (Wildman–Crippen LogP) is 5.29. The van der Waals surface area contributed by atoms with Crippen molar-refractivity contribution in [1.82, 2.24) is 0 Å². The lowest BCUT2D eigenvalue weighted by Crippen LogP contribution is -2.00. The number of benzene rings is 2. The molecular weight excluding hydrogens is 268 g/mol. The van der Waals surface area contributed by atoms with Crippen LogP contribution in [0, 0.1) is 13.8 Å². The number of hydrogen-bond donors (Lipinski definition) is 0. The molecule has 0 aromatic heterocycles. The molecule has 2 aromatic carbocycles. The molecule has 2 heteroatoms. The highest BCUT2D eigenvalue weighted by molar-refractivity contribution is 8.00. The molecule has 0 radical (unpaired) electrons. The van der Waals surface area contributed by atoms with Crippen molar-refractivity contribution in [2.45, 2.75) is 29.6 Å². The molecular formula is C17H18S2. The van der Waals surface area contributed by atoms with E-state index < -0.39 is 0 Å². The van der Waals surface area contributed by atoms with Crippen LogP contribution in [-0.2, 0) is 0 Å². The third kappa shape index (κ3) is 2.85. The first-order chi connectivity index (χ1) is 9.24. The van der Waals surface area contributed by atoms with Crippen LogP contribution in [0.1, 0.15) is 22.6 Å². The van der Waals surface area contributed by atoms with Crippen LogP contribution < -0.4 is 0 Å². The number of aryl methyl sites for hydroxylation is 2. The van der Waals surface area contributed by atoms with Crippen LogP contribution in [0.15, 0.2) is 52.3 Å². The van der Waals surface area contributed by atoms with E-state index in [2.05, 4.69) is 56.3 Å². The summed E-state index contributed by atoms with van der Waals surface area (Å²) in [6.07, 6.45) is 0. The quantitative estimate of drug-likeness (QED) is 0.704. The SMILES string of the molecule is Cc1ccc(SCC2CSc3ccccc32)cc1C. The molecule has 98 valence electrons. The molecule has 1 heterocycles. The van der Waals surface area contributed by atoms with Crippen molar-refractivity contribution in [3.8, 4) is 0 Å². The minimum atomic E-state index is 0.702. The van der Waals surface area contributed by atoms with Crippen molar-refractivity contribution >= 4 is 23.5 Å². The highest BCUT2D eigenvalue weighted by Crippen LogP contribution is 2.41. The lowest BCUT2D eigenvalue weighted by atomic mass is 10.0. The third-order valence-electron chi connectivity index (χ3n) is 3.73. The fourth-order valence-electron chi connectivity index (χ4n) is 2.37. The maximum Gasteiger partial charge on any atom is 0.0108 e. The highest BCUT2D eigenvalue weighted by atomic mass is 32.2. The summed E-state index contributed by atoms with van der Waals surface area (Å²) in [5.41, 5.74) is 4.32. The Bertz CT molecular complexity index is 590. The molecule has 0 amide bonds. The Balaban J connectivity index is 1.69. The van der Waals surface area contributed by atoms with Crippen molar-refractivity contribution in [2.75, 3.05) is 11.5 Å². The summed E-state index contributed by atoms with van der Waals surface area (Å²) < 4.78 is 0. The van der Waals surface area contributed by atoms with Gasteiger partial charge in [0.05, 0.1) is 0 Å². The lowest BCUT2D eigenvalue weighted by Gasteiger charge is -2.11. The third-order valence-corrected chi connectivity index (χ3v) is 6.14. The second-order valence-corrected chi connectivity index (χ2v) is 7.26. The van der Waals surface area contributed by atoms with Gasteiger partial charge in [-0.25, -0.2) is 0 Å². The van der Waals surface area contributed by atoms with E-state index in [-0.39, 0.29) is 0 Å². The van der Waals surface area contributed by atoms with E-state index in [0.29, 0.717) is 5.92 Å². The molecule has 2 aromatic rings. The average molecular weight is 286 g/mol. The standard InChI is InChI=1S/C17H18S2/c1-12-7-8-15(9-13(12)2)18-10-14-11-19-17-6-4-3-5-16(14)17/h3-9,14H,10-11H2,1-2H3. The molecule has 0 fully saturated rings. The summed E-state index contributed by atoms with van der Waals surface area (Å²) in [6, 6.07) is 15.6. The Hall–Kier alpha value is -0.860. The average Bonchev–Trinajstić information content (AvgIpc) is 2.83. The van der Waals surface area contributed by atoms with Gasteiger partial charge in [-0.3, -0.25) is 0 Å². The van der Waals surface area contributed by atoms with Crippen molar-refractivity contribution in [3.05, 3.63) is 59.2 Å². The van der Waals surface area contributed by atoms with Gasteiger partial charge in [-0.15, -0.1) is 23.5 Å². The van der Waals surface area contributed by atoms with Crippen LogP contribution in [0.25, 0.3) is 0 Å². The van der Waals surface area contributed by atoms with E-state index >= 15 is 0 Å². The smallest absolute Gasteiger partial charge is 0.0108 e. The number of rotatable bonds is 3. The van der Waals surface area contributed by atoms with Gasteiger partial charge >= 0.3 is 0 Å². The predicted molar refractivity (Wildman–Crippen MR) is 86.5 cm³/mol. The van der Waals surface area contributed by atoms with E-state index in [9.17, 15) is 0 Å². The van der Waals surface area contributed by atoms with E-state index in [1.54, 1.807) is 5.56 Å². The summed E-state index contributed by atoms with van der Waals surface area (Å²) >= 11 is 3.99. The van der Waals surface area contributed by atoms with E-state index in [0.717, 1.165) is 0 Å². The first kappa shape index (κ1) is 13.1. The topological polar surface area (TPSA) is 0 Å². The molecule has 1 aliphatic rings. The van der Waals surface area contributed by atoms with E-state index in [1.165, 1.54) is 32.4 Å². The van der Waals surface area contributed by atoms with Gasteiger partial charge in [-0.1, -0.05) is 24.3 Å². The zero-order valence-electron chi connectivity index (χ0n) is 11.3. The molecule has 1 aliphatic heterocycles. The summed E-state index contributed by atoms with van der Waals surface area (Å²) in [4.78, 5) is 2.88. The van der Waals surface area contributed by atoms with Crippen LogP contribution in [0.2, 0.25) is 0 Å². The summed E-state index contributed by atoms with van der Waals surface area (Å²) in [5.74, 6) is 3.12. The van der Waals surface area contributed by atoms with Crippen LogP contribution in [0.4, 0.5) is 0 Å². The summed E-state index contributed by atoms with van der Waals surface area (Å²) in [6.45, 7) is 4.37. The van der Waals surface area contributed by atoms with Crippen molar-refractivity contribution < 1.29 is 0 Å². The Labute approximate surface area is 124 Å². The minimum absolute atomic E-state index is 0.702. The maximum atomic E-state index is 2.31. The van der Waals surface area contributed by atoms with Crippen LogP contribution in [0.3, 0.4) is 0 Å². The monoisotopic (exact) mass is 286 g/mol. The highest BCUT2D eigenvalue weighted by Gasteiger charge is 2.22. The normalized spacial score (nSPS) is 17.5. The first-order valence-corrected chi connectivity index (χ1v) is 8.63. The van der Waals surface area contributed by atoms with Gasteiger partial charge in [0.15, 0.2) is 0 Å². The molecule has 1 unspecified atom stereocenters. The zero-order valence-corrected chi connectivity index (χ0v) is 13.0. The molecule has 3 rings (SSSR count). The summed E-state index contributed by atoms with van der Waals surface area (Å²) in [7, 11) is 0. The molecule has 1 atom stereocenters. The fourth-order valence-corrected chi connectivity index (χ4v) is 4.89. The van der Waals surface area contributed by atoms with Crippen LogP contribution >= 0.6 is 23.5 Å². The number of fused-ring (bicyclic) bond motifs is 1. The second kappa shape index (κ2) is 5.64. The molecule has 0 saturated carbocycles. The molecule has 0 saturated heterocycles. The lowest BCUT2D eigenvalue weighted by molar-refractivity contribution is 0.896. The van der Waals surface area contributed by atoms with Crippen LogP contribution in [-0.4, -0.2) is 11.5 Å². The molecule has 0 bridgehead atoms. The number of thioether (sulfide) groups is 2. The molecule has 0 spiro atoms. The van der Waals surface area contributed by atoms with Gasteiger partial charge in [0.2, 0.25) is 0 Å². The van der Waals surface area contributed by atoms with Gasteiger partial charge in [0.25, 0.3) is 0 Å². The minimum Gasteiger partial charge on any atom is -0.125 e. The Kier molecular flexibility index (Phi) is 3.90. The second-order valence-electron chi connectivity index (χ2n) is 5.10. The zero-order chi connectivity index (χ0) is 13.2. The molecule has 0 nitrogen and oxygen atoms in total. The summed E-state index contributed by atoms with van der Waals surface area (Å²) in [5, 5.41) is 0. The Morgan fingerprint density at radius 3 is 2.79 bits per heavy atom. The Morgan fingerprint density at radius 1 is 1.11 bits per heavy atom. The molecule has 0 aliphatic carbocycles. The first-order valence-electron chi connectivity index (χ1n) is 6.66. The fraction of sp³-hybridized carbons (Fsp3) is 0.294. The maximum absolute atomic E-state index is 2.31. The van der Waals surface area contributed by atoms with Gasteiger partial charge < -0.3 is 0 Å². The van der Waals surface area contributed by atoms with E-state index in [1.807, 2.05) is 23.5 Å².